The maximum absolute atomic E-state index is 14.2. The number of hydrogen-bond donors (Lipinski definition) is 1. The van der Waals surface area contributed by atoms with E-state index in [-0.39, 0.29) is 23.6 Å². The van der Waals surface area contributed by atoms with Crippen LogP contribution in [-0.4, -0.2) is 34.2 Å². The Morgan fingerprint density at radius 2 is 2.09 bits per heavy atom. The van der Waals surface area contributed by atoms with Crippen LogP contribution in [0.3, 0.4) is 0 Å². The van der Waals surface area contributed by atoms with Crippen molar-refractivity contribution >= 4 is 5.82 Å². The number of ether oxygens (including phenoxy) is 1. The van der Waals surface area contributed by atoms with Gasteiger partial charge in [-0.05, 0) is 30.5 Å². The molecule has 0 bridgehead atoms. The number of anilines is 1. The van der Waals surface area contributed by atoms with Gasteiger partial charge in [-0.25, -0.2) is 14.4 Å². The van der Waals surface area contributed by atoms with Crippen molar-refractivity contribution in [1.29, 1.82) is 0 Å². The Kier molecular flexibility index (Phi) is 4.58. The molecule has 2 aromatic heterocycles. The molecule has 1 aliphatic heterocycles. The van der Waals surface area contributed by atoms with Gasteiger partial charge in [-0.3, -0.25) is 4.98 Å². The van der Waals surface area contributed by atoms with Crippen LogP contribution in [0.5, 0.6) is 0 Å². The van der Waals surface area contributed by atoms with Gasteiger partial charge in [0.2, 0.25) is 0 Å². The third kappa shape index (κ3) is 3.22. The van der Waals surface area contributed by atoms with Crippen LogP contribution in [-0.2, 0) is 17.6 Å². The summed E-state index contributed by atoms with van der Waals surface area (Å²) >= 11 is 0. The van der Waals surface area contributed by atoms with E-state index in [1.165, 1.54) is 11.9 Å². The van der Waals surface area contributed by atoms with E-state index in [4.69, 9.17) is 4.74 Å². The van der Waals surface area contributed by atoms with Crippen LogP contribution in [0, 0.1) is 11.7 Å². The molecule has 0 radical (unpaired) electrons. The van der Waals surface area contributed by atoms with E-state index in [0.717, 1.165) is 6.42 Å². The number of nitrogens with zero attached hydrogens (tertiary/aromatic N) is 3. The molecule has 0 amide bonds. The molecule has 116 valence electrons. The number of pyridine rings is 1. The Balaban J connectivity index is 1.71. The smallest absolute Gasteiger partial charge is 0.186 e. The summed E-state index contributed by atoms with van der Waals surface area (Å²) < 4.78 is 19.8. The number of aromatic nitrogens is 3. The molecule has 1 aliphatic rings. The first kappa shape index (κ1) is 14.8. The van der Waals surface area contributed by atoms with Gasteiger partial charge in [0.25, 0.3) is 0 Å². The largest absolute Gasteiger partial charge is 0.379 e. The average molecular weight is 302 g/mol. The number of nitrogens with one attached hydrogen (secondary N) is 1. The van der Waals surface area contributed by atoms with Gasteiger partial charge >= 0.3 is 0 Å². The first-order valence-corrected chi connectivity index (χ1v) is 7.50. The van der Waals surface area contributed by atoms with Gasteiger partial charge in [0.15, 0.2) is 11.6 Å². The normalized spacial score (nSPS) is 21.0. The number of hydrogen-bond acceptors (Lipinski definition) is 5. The molecule has 1 N–H and O–H groups in total. The minimum Gasteiger partial charge on any atom is -0.379 e. The van der Waals surface area contributed by atoms with E-state index in [1.54, 1.807) is 12.4 Å². The van der Waals surface area contributed by atoms with Gasteiger partial charge in [-0.15, -0.1) is 0 Å². The zero-order chi connectivity index (χ0) is 15.4. The molecule has 1 saturated heterocycles. The fourth-order valence-corrected chi connectivity index (χ4v) is 2.71. The van der Waals surface area contributed by atoms with Crippen molar-refractivity contribution in [2.45, 2.75) is 25.8 Å². The quantitative estimate of drug-likeness (QED) is 0.918. The Hall–Kier alpha value is -2.08. The molecule has 3 heterocycles. The topological polar surface area (TPSA) is 59.9 Å². The summed E-state index contributed by atoms with van der Waals surface area (Å²) in [4.78, 5) is 12.0. The van der Waals surface area contributed by atoms with Crippen LogP contribution in [0.4, 0.5) is 10.2 Å². The van der Waals surface area contributed by atoms with Crippen LogP contribution in [0.2, 0.25) is 0 Å². The minimum absolute atomic E-state index is 0.0438. The summed E-state index contributed by atoms with van der Waals surface area (Å²) in [6.07, 6.45) is 6.38. The van der Waals surface area contributed by atoms with Crippen molar-refractivity contribution in [3.8, 4) is 0 Å². The predicted molar refractivity (Wildman–Crippen MR) is 81.0 cm³/mol. The lowest BCUT2D eigenvalue weighted by Crippen LogP contribution is -2.30. The van der Waals surface area contributed by atoms with Crippen molar-refractivity contribution in [2.24, 2.45) is 5.92 Å². The van der Waals surface area contributed by atoms with Gasteiger partial charge in [0.05, 0.1) is 24.9 Å². The summed E-state index contributed by atoms with van der Waals surface area (Å²) in [5.74, 6) is 0.184. The number of rotatable bonds is 5. The first-order valence-electron chi connectivity index (χ1n) is 7.50. The lowest BCUT2D eigenvalue weighted by molar-refractivity contribution is 0.185. The lowest BCUT2D eigenvalue weighted by Gasteiger charge is -2.20. The van der Waals surface area contributed by atoms with Crippen LogP contribution in [0.1, 0.15) is 18.2 Å². The van der Waals surface area contributed by atoms with Crippen molar-refractivity contribution in [3.63, 3.8) is 0 Å². The Morgan fingerprint density at radius 3 is 2.86 bits per heavy atom. The van der Waals surface area contributed by atoms with Crippen LogP contribution in [0.25, 0.3) is 0 Å². The highest BCUT2D eigenvalue weighted by molar-refractivity contribution is 5.39. The van der Waals surface area contributed by atoms with Gasteiger partial charge in [0, 0.05) is 18.3 Å². The Bertz CT molecular complexity index is 623. The molecule has 2 atom stereocenters. The molecular formula is C16H19FN4O. The molecule has 2 aromatic rings. The van der Waals surface area contributed by atoms with E-state index in [2.05, 4.69) is 20.3 Å². The van der Waals surface area contributed by atoms with Gasteiger partial charge < -0.3 is 10.1 Å². The molecule has 22 heavy (non-hydrogen) atoms. The predicted octanol–water partition coefficient (Wildman–Crippen LogP) is 2.24. The van der Waals surface area contributed by atoms with Crippen molar-refractivity contribution in [3.05, 3.63) is 47.9 Å². The fourth-order valence-electron chi connectivity index (χ4n) is 2.71. The summed E-state index contributed by atoms with van der Waals surface area (Å²) in [7, 11) is 0. The molecule has 0 spiro atoms. The highest BCUT2D eigenvalue weighted by Gasteiger charge is 2.29. The van der Waals surface area contributed by atoms with Crippen molar-refractivity contribution in [1.82, 2.24) is 15.0 Å². The second-order valence-electron chi connectivity index (χ2n) is 5.44. The second-order valence-corrected chi connectivity index (χ2v) is 5.44. The minimum atomic E-state index is -0.362. The summed E-state index contributed by atoms with van der Waals surface area (Å²) in [6.45, 7) is 3.09. The third-order valence-electron chi connectivity index (χ3n) is 3.96. The van der Waals surface area contributed by atoms with Crippen molar-refractivity contribution in [2.75, 3.05) is 18.5 Å². The van der Waals surface area contributed by atoms with E-state index in [9.17, 15) is 4.39 Å². The molecule has 0 saturated carbocycles. The Morgan fingerprint density at radius 1 is 1.27 bits per heavy atom. The number of halogens is 1. The average Bonchev–Trinajstić information content (AvgIpc) is 2.97. The molecule has 0 aromatic carbocycles. The maximum atomic E-state index is 14.2. The molecule has 6 heteroatoms. The van der Waals surface area contributed by atoms with E-state index in [1.807, 2.05) is 19.1 Å². The first-order chi connectivity index (χ1) is 10.8. The lowest BCUT2D eigenvalue weighted by atomic mass is 9.95. The zero-order valence-electron chi connectivity index (χ0n) is 12.5. The Labute approximate surface area is 129 Å². The third-order valence-corrected chi connectivity index (χ3v) is 3.96. The molecule has 0 aliphatic carbocycles. The summed E-state index contributed by atoms with van der Waals surface area (Å²) in [6, 6.07) is 4.04. The van der Waals surface area contributed by atoms with E-state index in [0.29, 0.717) is 25.3 Å². The highest BCUT2D eigenvalue weighted by atomic mass is 19.1. The summed E-state index contributed by atoms with van der Waals surface area (Å²) in [5, 5.41) is 3.19. The maximum Gasteiger partial charge on any atom is 0.186 e. The van der Waals surface area contributed by atoms with Crippen molar-refractivity contribution < 1.29 is 9.13 Å². The van der Waals surface area contributed by atoms with Gasteiger partial charge in [0.1, 0.15) is 6.33 Å². The van der Waals surface area contributed by atoms with Gasteiger partial charge in [-0.1, -0.05) is 6.92 Å². The molecule has 3 rings (SSSR count). The monoisotopic (exact) mass is 302 g/mol. The molecule has 1 fully saturated rings. The standard InChI is InChI=1S/C16H19FN4O/c1-2-13-15(17)16(20-10-19-13)21-14-9-22-8-12(14)7-11-3-5-18-6-4-11/h3-6,10,12,14H,2,7-9H2,1H3,(H,19,20,21)/t12-,14-/m1/s1. The zero-order valence-corrected chi connectivity index (χ0v) is 12.5. The molecule has 5 nitrogen and oxygen atoms in total. The SMILES string of the molecule is CCc1ncnc(N[C@@H]2COC[C@H]2Cc2ccncc2)c1F. The van der Waals surface area contributed by atoms with Crippen LogP contribution >= 0.6 is 0 Å². The van der Waals surface area contributed by atoms with E-state index >= 15 is 0 Å². The highest BCUT2D eigenvalue weighted by Crippen LogP contribution is 2.23. The van der Waals surface area contributed by atoms with Gasteiger partial charge in [-0.2, -0.15) is 0 Å². The fraction of sp³-hybridized carbons (Fsp3) is 0.438. The van der Waals surface area contributed by atoms with E-state index < -0.39 is 0 Å². The second kappa shape index (κ2) is 6.79. The number of aryl methyl sites for hydroxylation is 1. The summed E-state index contributed by atoms with van der Waals surface area (Å²) in [5.41, 5.74) is 1.64. The van der Waals surface area contributed by atoms with Crippen LogP contribution in [0.15, 0.2) is 30.9 Å². The molecule has 0 unspecified atom stereocenters. The molecular weight excluding hydrogens is 283 g/mol. The van der Waals surface area contributed by atoms with Crippen LogP contribution < -0.4 is 5.32 Å².